The average molecular weight is 257 g/mol. The molecule has 0 amide bonds. The van der Waals surface area contributed by atoms with Gasteiger partial charge in [0.25, 0.3) is 0 Å². The molecule has 1 aromatic carbocycles. The Labute approximate surface area is 105 Å². The maximum Gasteiger partial charge on any atom is 0.159 e. The lowest BCUT2D eigenvalue weighted by atomic mass is 9.89. The molecule has 2 N–H and O–H groups in total. The normalized spacial score (nSPS) is 24.7. The molecule has 5 heteroatoms. The summed E-state index contributed by atoms with van der Waals surface area (Å²) in [6, 6.07) is 3.78. The Balaban J connectivity index is 1.81. The van der Waals surface area contributed by atoms with Gasteiger partial charge in [-0.1, -0.05) is 6.07 Å². The fourth-order valence-electron chi connectivity index (χ4n) is 2.04. The highest BCUT2D eigenvalue weighted by Gasteiger charge is 2.28. The van der Waals surface area contributed by atoms with Crippen LogP contribution in [0.15, 0.2) is 18.2 Å². The number of halogens is 2. The summed E-state index contributed by atoms with van der Waals surface area (Å²) in [7, 11) is 1.68. The van der Waals surface area contributed by atoms with Gasteiger partial charge in [-0.25, -0.2) is 8.78 Å². The van der Waals surface area contributed by atoms with Gasteiger partial charge in [-0.15, -0.1) is 0 Å². The van der Waals surface area contributed by atoms with E-state index >= 15 is 0 Å². The summed E-state index contributed by atoms with van der Waals surface area (Å²) in [6.07, 6.45) is 1.30. The van der Waals surface area contributed by atoms with Gasteiger partial charge in [0.1, 0.15) is 0 Å². The van der Waals surface area contributed by atoms with E-state index in [1.807, 2.05) is 0 Å². The number of hydrogen-bond donors (Lipinski definition) is 2. The molecule has 1 aliphatic carbocycles. The first-order valence-corrected chi connectivity index (χ1v) is 5.99. The van der Waals surface area contributed by atoms with Crippen molar-refractivity contribution in [1.29, 1.82) is 0 Å². The molecule has 100 valence electrons. The fourth-order valence-corrected chi connectivity index (χ4v) is 2.04. The fraction of sp³-hybridized carbons (Fsp3) is 0.538. The smallest absolute Gasteiger partial charge is 0.159 e. The predicted molar refractivity (Wildman–Crippen MR) is 63.1 cm³/mol. The average Bonchev–Trinajstić information content (AvgIpc) is 2.30. The number of aliphatic hydroxyl groups is 1. The molecule has 1 saturated carbocycles. The Morgan fingerprint density at radius 1 is 1.39 bits per heavy atom. The van der Waals surface area contributed by atoms with Crippen LogP contribution in [-0.2, 0) is 4.74 Å². The lowest BCUT2D eigenvalue weighted by molar-refractivity contribution is 0.0137. The lowest BCUT2D eigenvalue weighted by Crippen LogP contribution is -2.46. The zero-order chi connectivity index (χ0) is 13.1. The van der Waals surface area contributed by atoms with E-state index in [1.54, 1.807) is 7.11 Å². The number of methoxy groups -OCH3 is 1. The number of nitrogens with one attached hydrogen (secondary N) is 1. The van der Waals surface area contributed by atoms with Crippen LogP contribution < -0.4 is 5.32 Å². The molecule has 0 aliphatic heterocycles. The molecule has 0 saturated heterocycles. The van der Waals surface area contributed by atoms with Gasteiger partial charge in [-0.05, 0) is 30.5 Å². The molecule has 0 spiro atoms. The first-order chi connectivity index (χ1) is 8.60. The number of benzene rings is 1. The summed E-state index contributed by atoms with van der Waals surface area (Å²) < 4.78 is 30.9. The van der Waals surface area contributed by atoms with Gasteiger partial charge in [0.05, 0.1) is 12.2 Å². The van der Waals surface area contributed by atoms with Crippen molar-refractivity contribution in [2.75, 3.05) is 13.7 Å². The van der Waals surface area contributed by atoms with Crippen molar-refractivity contribution in [1.82, 2.24) is 5.32 Å². The summed E-state index contributed by atoms with van der Waals surface area (Å²) in [4.78, 5) is 0. The maximum atomic E-state index is 13.0. The van der Waals surface area contributed by atoms with Crippen LogP contribution in [0.1, 0.15) is 24.5 Å². The van der Waals surface area contributed by atoms with Gasteiger partial charge in [-0.3, -0.25) is 0 Å². The molecule has 2 rings (SSSR count). The third-order valence-electron chi connectivity index (χ3n) is 3.36. The molecule has 1 fully saturated rings. The largest absolute Gasteiger partial charge is 0.387 e. The summed E-state index contributed by atoms with van der Waals surface area (Å²) in [5.74, 6) is -1.84. The highest BCUT2D eigenvalue weighted by Crippen LogP contribution is 2.23. The van der Waals surface area contributed by atoms with Crippen LogP contribution in [0.25, 0.3) is 0 Å². The molecule has 1 aliphatic rings. The summed E-state index contributed by atoms with van der Waals surface area (Å²) in [5, 5.41) is 13.0. The van der Waals surface area contributed by atoms with Crippen LogP contribution in [0.4, 0.5) is 8.78 Å². The van der Waals surface area contributed by atoms with Crippen LogP contribution in [-0.4, -0.2) is 30.9 Å². The van der Waals surface area contributed by atoms with Crippen molar-refractivity contribution >= 4 is 0 Å². The molecule has 0 heterocycles. The number of hydrogen-bond acceptors (Lipinski definition) is 3. The zero-order valence-electron chi connectivity index (χ0n) is 10.2. The zero-order valence-corrected chi connectivity index (χ0v) is 10.2. The quantitative estimate of drug-likeness (QED) is 0.844. The molecule has 0 bridgehead atoms. The minimum atomic E-state index is -0.936. The monoisotopic (exact) mass is 257 g/mol. The Kier molecular flexibility index (Phi) is 4.27. The second-order valence-corrected chi connectivity index (χ2v) is 4.62. The minimum Gasteiger partial charge on any atom is -0.387 e. The Bertz CT molecular complexity index is 408. The first-order valence-electron chi connectivity index (χ1n) is 5.99. The van der Waals surface area contributed by atoms with Crippen LogP contribution in [0.3, 0.4) is 0 Å². The van der Waals surface area contributed by atoms with Crippen molar-refractivity contribution in [3.8, 4) is 0 Å². The molecule has 18 heavy (non-hydrogen) atoms. The SMILES string of the molecule is COC1CC(NCC(O)c2ccc(F)c(F)c2)C1. The highest BCUT2D eigenvalue weighted by atomic mass is 19.2. The van der Waals surface area contributed by atoms with Crippen LogP contribution in [0.5, 0.6) is 0 Å². The summed E-state index contributed by atoms with van der Waals surface area (Å²) in [5.41, 5.74) is 0.379. The Hall–Kier alpha value is -1.04. The third kappa shape index (κ3) is 3.04. The van der Waals surface area contributed by atoms with Crippen LogP contribution in [0, 0.1) is 11.6 Å². The van der Waals surface area contributed by atoms with E-state index in [9.17, 15) is 13.9 Å². The van der Waals surface area contributed by atoms with Crippen molar-refractivity contribution in [2.24, 2.45) is 0 Å². The van der Waals surface area contributed by atoms with E-state index in [1.165, 1.54) is 6.07 Å². The van der Waals surface area contributed by atoms with E-state index in [0.717, 1.165) is 25.0 Å². The van der Waals surface area contributed by atoms with E-state index in [0.29, 0.717) is 24.3 Å². The number of aliphatic hydroxyl groups excluding tert-OH is 1. The molecule has 0 radical (unpaired) electrons. The van der Waals surface area contributed by atoms with Crippen molar-refractivity contribution < 1.29 is 18.6 Å². The van der Waals surface area contributed by atoms with E-state index in [-0.39, 0.29) is 0 Å². The van der Waals surface area contributed by atoms with Crippen LogP contribution in [0.2, 0.25) is 0 Å². The van der Waals surface area contributed by atoms with Gasteiger partial charge < -0.3 is 15.2 Å². The standard InChI is InChI=1S/C13H17F2NO2/c1-18-10-5-9(6-10)16-7-13(17)8-2-3-11(14)12(15)4-8/h2-4,9-10,13,16-17H,5-7H2,1H3. The molecule has 1 unspecified atom stereocenters. The molecular weight excluding hydrogens is 240 g/mol. The van der Waals surface area contributed by atoms with Gasteiger partial charge in [0.2, 0.25) is 0 Å². The van der Waals surface area contributed by atoms with Gasteiger partial charge in [-0.2, -0.15) is 0 Å². The molecule has 0 aromatic heterocycles. The van der Waals surface area contributed by atoms with Gasteiger partial charge in [0.15, 0.2) is 11.6 Å². The number of rotatable bonds is 5. The first kappa shape index (κ1) is 13.4. The van der Waals surface area contributed by atoms with Gasteiger partial charge in [0, 0.05) is 19.7 Å². The summed E-state index contributed by atoms with van der Waals surface area (Å²) >= 11 is 0. The number of ether oxygens (including phenoxy) is 1. The van der Waals surface area contributed by atoms with Crippen molar-refractivity contribution in [2.45, 2.75) is 31.1 Å². The van der Waals surface area contributed by atoms with Crippen LogP contribution >= 0.6 is 0 Å². The third-order valence-corrected chi connectivity index (χ3v) is 3.36. The van der Waals surface area contributed by atoms with Crippen molar-refractivity contribution in [3.63, 3.8) is 0 Å². The van der Waals surface area contributed by atoms with E-state index in [2.05, 4.69) is 5.32 Å². The highest BCUT2D eigenvalue weighted by molar-refractivity contribution is 5.20. The second kappa shape index (κ2) is 5.73. The topological polar surface area (TPSA) is 41.5 Å². The van der Waals surface area contributed by atoms with E-state index in [4.69, 9.17) is 4.74 Å². The summed E-state index contributed by atoms with van der Waals surface area (Å²) in [6.45, 7) is 0.326. The molecule has 1 aromatic rings. The Morgan fingerprint density at radius 2 is 2.11 bits per heavy atom. The predicted octanol–water partition coefficient (Wildman–Crippen LogP) is 1.77. The Morgan fingerprint density at radius 3 is 2.72 bits per heavy atom. The molecule has 3 nitrogen and oxygen atoms in total. The van der Waals surface area contributed by atoms with Gasteiger partial charge >= 0.3 is 0 Å². The molecule has 1 atom stereocenters. The molecular formula is C13H17F2NO2. The van der Waals surface area contributed by atoms with E-state index < -0.39 is 17.7 Å². The maximum absolute atomic E-state index is 13.0. The van der Waals surface area contributed by atoms with Crippen molar-refractivity contribution in [3.05, 3.63) is 35.4 Å². The second-order valence-electron chi connectivity index (χ2n) is 4.62. The lowest BCUT2D eigenvalue weighted by Gasteiger charge is -2.35. The minimum absolute atomic E-state index is 0.294.